The van der Waals surface area contributed by atoms with Crippen LogP contribution in [-0.2, 0) is 23.2 Å². The average molecular weight is 476 g/mol. The molecule has 9 heteroatoms. The summed E-state index contributed by atoms with van der Waals surface area (Å²) in [5, 5.41) is 0. The van der Waals surface area contributed by atoms with Crippen molar-refractivity contribution < 1.29 is 18.7 Å². The summed E-state index contributed by atoms with van der Waals surface area (Å²) in [6.45, 7) is 0.0948. The fraction of sp³-hybridized carbons (Fsp3) is 0.286. The number of carbonyl (C=O) groups is 2. The van der Waals surface area contributed by atoms with Crippen LogP contribution in [0.1, 0.15) is 24.4 Å². The van der Waals surface area contributed by atoms with Gasteiger partial charge in [0.1, 0.15) is 17.3 Å². The van der Waals surface area contributed by atoms with Crippen molar-refractivity contribution in [3.05, 3.63) is 62.7 Å². The first-order chi connectivity index (χ1) is 14.3. The molecule has 3 aromatic rings. The molecule has 0 spiro atoms. The van der Waals surface area contributed by atoms with Crippen LogP contribution < -0.4 is 10.4 Å². The van der Waals surface area contributed by atoms with Crippen LogP contribution in [0, 0.1) is 5.82 Å². The second-order valence-electron chi connectivity index (χ2n) is 7.16. The van der Waals surface area contributed by atoms with E-state index in [1.165, 1.54) is 22.2 Å². The molecule has 1 aliphatic rings. The SMILES string of the molecule is COc1ccc(CN2C(=O)CCC(n3c(=O)n(C)c4c(F)c(Br)ccc43)C2=O)cc1. The Bertz CT molecular complexity index is 1220. The minimum Gasteiger partial charge on any atom is -0.497 e. The number of aromatic nitrogens is 2. The van der Waals surface area contributed by atoms with Crippen LogP contribution >= 0.6 is 15.9 Å². The highest BCUT2D eigenvalue weighted by Crippen LogP contribution is 2.30. The van der Waals surface area contributed by atoms with E-state index in [-0.39, 0.29) is 35.3 Å². The molecule has 4 rings (SSSR count). The quantitative estimate of drug-likeness (QED) is 0.543. The van der Waals surface area contributed by atoms with Crippen LogP contribution in [0.2, 0.25) is 0 Å². The van der Waals surface area contributed by atoms with Crippen LogP contribution in [0.5, 0.6) is 5.75 Å². The van der Waals surface area contributed by atoms with Crippen LogP contribution in [0.3, 0.4) is 0 Å². The number of amides is 2. The molecule has 0 aliphatic carbocycles. The third-order valence-corrected chi connectivity index (χ3v) is 6.04. The van der Waals surface area contributed by atoms with Crippen LogP contribution in [0.25, 0.3) is 11.0 Å². The molecule has 0 N–H and O–H groups in total. The number of rotatable bonds is 4. The molecule has 1 unspecified atom stereocenters. The second-order valence-corrected chi connectivity index (χ2v) is 8.02. The van der Waals surface area contributed by atoms with Gasteiger partial charge in [0.15, 0.2) is 5.82 Å². The second kappa shape index (κ2) is 7.71. The summed E-state index contributed by atoms with van der Waals surface area (Å²) in [7, 11) is 3.02. The Labute approximate surface area is 179 Å². The molecule has 30 heavy (non-hydrogen) atoms. The molecule has 2 heterocycles. The third kappa shape index (κ3) is 3.23. The molecule has 0 saturated carbocycles. The number of methoxy groups -OCH3 is 1. The number of aryl methyl sites for hydroxylation is 1. The van der Waals surface area contributed by atoms with Crippen molar-refractivity contribution in [2.75, 3.05) is 7.11 Å². The van der Waals surface area contributed by atoms with Gasteiger partial charge in [-0.25, -0.2) is 9.18 Å². The molecular formula is C21H19BrFN3O4. The molecule has 7 nitrogen and oxygen atoms in total. The van der Waals surface area contributed by atoms with E-state index >= 15 is 0 Å². The smallest absolute Gasteiger partial charge is 0.329 e. The predicted octanol–water partition coefficient (Wildman–Crippen LogP) is 3.14. The number of hydrogen-bond acceptors (Lipinski definition) is 4. The summed E-state index contributed by atoms with van der Waals surface area (Å²) in [6, 6.07) is 9.28. The van der Waals surface area contributed by atoms with Gasteiger partial charge in [-0.3, -0.25) is 23.6 Å². The van der Waals surface area contributed by atoms with Crippen molar-refractivity contribution >= 4 is 38.8 Å². The van der Waals surface area contributed by atoms with Gasteiger partial charge < -0.3 is 4.74 Å². The summed E-state index contributed by atoms with van der Waals surface area (Å²) in [4.78, 5) is 39.8. The number of imidazole rings is 1. The first-order valence-corrected chi connectivity index (χ1v) is 10.1. The van der Waals surface area contributed by atoms with Crippen molar-refractivity contribution in [1.29, 1.82) is 0 Å². The number of benzene rings is 2. The number of piperidine rings is 1. The Morgan fingerprint density at radius 2 is 1.83 bits per heavy atom. The summed E-state index contributed by atoms with van der Waals surface area (Å²) in [6.07, 6.45) is 0.307. The van der Waals surface area contributed by atoms with E-state index < -0.39 is 23.5 Å². The van der Waals surface area contributed by atoms with Gasteiger partial charge in [-0.15, -0.1) is 0 Å². The zero-order valence-corrected chi connectivity index (χ0v) is 18.0. The summed E-state index contributed by atoms with van der Waals surface area (Å²) < 4.78 is 22.5. The Hall–Kier alpha value is -2.94. The van der Waals surface area contributed by atoms with Crippen molar-refractivity contribution in [3.63, 3.8) is 0 Å². The van der Waals surface area contributed by atoms with E-state index in [0.29, 0.717) is 11.3 Å². The van der Waals surface area contributed by atoms with Crippen molar-refractivity contribution in [1.82, 2.24) is 14.0 Å². The molecular weight excluding hydrogens is 457 g/mol. The standard InChI is InChI=1S/C21H19BrFN3O4/c1-24-19-15(8-7-14(22)18(19)23)26(21(24)29)16-9-10-17(27)25(20(16)28)11-12-3-5-13(30-2)6-4-12/h3-8,16H,9-11H2,1-2H3. The van der Waals surface area contributed by atoms with Crippen LogP contribution in [-0.4, -0.2) is 33.0 Å². The van der Waals surface area contributed by atoms with E-state index in [1.807, 2.05) is 0 Å². The van der Waals surface area contributed by atoms with Gasteiger partial charge in [0.25, 0.3) is 5.91 Å². The largest absolute Gasteiger partial charge is 0.497 e. The van der Waals surface area contributed by atoms with Gasteiger partial charge >= 0.3 is 5.69 Å². The van der Waals surface area contributed by atoms with Crippen LogP contribution in [0.15, 0.2) is 45.7 Å². The monoisotopic (exact) mass is 475 g/mol. The summed E-state index contributed by atoms with van der Waals surface area (Å²) in [5.41, 5.74) is 0.693. The number of hydrogen-bond donors (Lipinski definition) is 0. The van der Waals surface area contributed by atoms with Gasteiger partial charge in [-0.2, -0.15) is 0 Å². The number of carbonyl (C=O) groups excluding carboxylic acids is 2. The first kappa shape index (κ1) is 20.3. The number of fused-ring (bicyclic) bond motifs is 1. The summed E-state index contributed by atoms with van der Waals surface area (Å²) >= 11 is 3.13. The van der Waals surface area contributed by atoms with Gasteiger partial charge in [-0.1, -0.05) is 12.1 Å². The maximum atomic E-state index is 14.6. The fourth-order valence-corrected chi connectivity index (χ4v) is 4.17. The number of ether oxygens (including phenoxy) is 1. The number of halogens is 2. The molecule has 1 saturated heterocycles. The van der Waals surface area contributed by atoms with Gasteiger partial charge in [0, 0.05) is 13.5 Å². The fourth-order valence-electron chi connectivity index (χ4n) is 3.85. The minimum absolute atomic E-state index is 0.0948. The van der Waals surface area contributed by atoms with E-state index in [0.717, 1.165) is 10.5 Å². The topological polar surface area (TPSA) is 73.5 Å². The molecule has 1 aromatic heterocycles. The maximum absolute atomic E-state index is 14.6. The molecule has 1 atom stereocenters. The zero-order valence-electron chi connectivity index (χ0n) is 16.4. The number of likely N-dealkylation sites (tertiary alicyclic amines) is 1. The normalized spacial score (nSPS) is 17.1. The van der Waals surface area contributed by atoms with Crippen molar-refractivity contribution in [3.8, 4) is 5.75 Å². The summed E-state index contributed by atoms with van der Waals surface area (Å²) in [5.74, 6) is -0.669. The number of imide groups is 1. The molecule has 2 aromatic carbocycles. The molecule has 0 radical (unpaired) electrons. The van der Waals surface area contributed by atoms with Crippen LogP contribution in [0.4, 0.5) is 4.39 Å². The lowest BCUT2D eigenvalue weighted by molar-refractivity contribution is -0.151. The Morgan fingerprint density at radius 1 is 1.13 bits per heavy atom. The number of nitrogens with zero attached hydrogens (tertiary/aromatic N) is 3. The Kier molecular flexibility index (Phi) is 5.23. The van der Waals surface area contributed by atoms with Gasteiger partial charge in [-0.05, 0) is 52.2 Å². The van der Waals surface area contributed by atoms with Crippen molar-refractivity contribution in [2.45, 2.75) is 25.4 Å². The predicted molar refractivity (Wildman–Crippen MR) is 112 cm³/mol. The lowest BCUT2D eigenvalue weighted by atomic mass is 10.0. The molecule has 2 amide bonds. The molecule has 156 valence electrons. The first-order valence-electron chi connectivity index (χ1n) is 9.35. The zero-order chi connectivity index (χ0) is 21.6. The van der Waals surface area contributed by atoms with Gasteiger partial charge in [0.2, 0.25) is 5.91 Å². The lowest BCUT2D eigenvalue weighted by Crippen LogP contribution is -2.47. The third-order valence-electron chi connectivity index (χ3n) is 5.43. The van der Waals surface area contributed by atoms with E-state index in [2.05, 4.69) is 15.9 Å². The highest BCUT2D eigenvalue weighted by molar-refractivity contribution is 9.10. The highest BCUT2D eigenvalue weighted by atomic mass is 79.9. The van der Waals surface area contributed by atoms with E-state index in [4.69, 9.17) is 4.74 Å². The molecule has 0 bridgehead atoms. The van der Waals surface area contributed by atoms with Gasteiger partial charge in [0.05, 0.1) is 23.6 Å². The van der Waals surface area contributed by atoms with Crippen molar-refractivity contribution in [2.24, 2.45) is 7.05 Å². The lowest BCUT2D eigenvalue weighted by Gasteiger charge is -2.31. The van der Waals surface area contributed by atoms with E-state index in [9.17, 15) is 18.8 Å². The minimum atomic E-state index is -0.877. The highest BCUT2D eigenvalue weighted by Gasteiger charge is 2.37. The molecule has 1 fully saturated rings. The molecule has 1 aliphatic heterocycles. The maximum Gasteiger partial charge on any atom is 0.329 e. The Balaban J connectivity index is 1.73. The Morgan fingerprint density at radius 3 is 2.50 bits per heavy atom. The average Bonchev–Trinajstić information content (AvgIpc) is 2.99. The van der Waals surface area contributed by atoms with E-state index in [1.54, 1.807) is 37.4 Å².